The highest BCUT2D eigenvalue weighted by molar-refractivity contribution is 7.98. The van der Waals surface area contributed by atoms with Crippen molar-refractivity contribution in [1.82, 2.24) is 0 Å². The number of halogens is 1. The Labute approximate surface area is 114 Å². The van der Waals surface area contributed by atoms with E-state index in [9.17, 15) is 4.39 Å². The third-order valence-electron chi connectivity index (χ3n) is 3.08. The minimum absolute atomic E-state index is 0.115. The molecule has 0 aliphatic carbocycles. The Morgan fingerprint density at radius 1 is 1.44 bits per heavy atom. The molecule has 1 unspecified atom stereocenters. The second kappa shape index (κ2) is 7.64. The van der Waals surface area contributed by atoms with Crippen molar-refractivity contribution >= 4 is 17.4 Å². The topological polar surface area (TPSA) is 29.3 Å². The Balaban J connectivity index is 2.72. The summed E-state index contributed by atoms with van der Waals surface area (Å²) in [5.41, 5.74) is 7.52. The van der Waals surface area contributed by atoms with Gasteiger partial charge in [0, 0.05) is 25.4 Å². The van der Waals surface area contributed by atoms with Gasteiger partial charge in [0.05, 0.1) is 5.69 Å². The molecule has 2 N–H and O–H groups in total. The van der Waals surface area contributed by atoms with Crippen LogP contribution in [0.2, 0.25) is 0 Å². The summed E-state index contributed by atoms with van der Waals surface area (Å²) in [7, 11) is 1.92. The lowest BCUT2D eigenvalue weighted by Crippen LogP contribution is -2.23. The summed E-state index contributed by atoms with van der Waals surface area (Å²) in [4.78, 5) is 1.95. The molecule has 102 valence electrons. The number of nitrogens with zero attached hydrogens (tertiary/aromatic N) is 1. The van der Waals surface area contributed by atoms with Gasteiger partial charge in [-0.3, -0.25) is 0 Å². The van der Waals surface area contributed by atoms with Crippen molar-refractivity contribution < 1.29 is 4.39 Å². The summed E-state index contributed by atoms with van der Waals surface area (Å²) in [6.07, 6.45) is 3.71. The fourth-order valence-corrected chi connectivity index (χ4v) is 2.24. The first-order valence-electron chi connectivity index (χ1n) is 6.32. The lowest BCUT2D eigenvalue weighted by atomic mass is 10.0. The van der Waals surface area contributed by atoms with E-state index in [0.29, 0.717) is 5.69 Å². The second-order valence-electron chi connectivity index (χ2n) is 4.57. The molecule has 4 heteroatoms. The molecule has 2 nitrogen and oxygen atoms in total. The van der Waals surface area contributed by atoms with Crippen molar-refractivity contribution in [2.75, 3.05) is 30.5 Å². The Hall–Kier alpha value is -0.740. The monoisotopic (exact) mass is 270 g/mol. The van der Waals surface area contributed by atoms with Crippen molar-refractivity contribution in [3.05, 3.63) is 29.6 Å². The van der Waals surface area contributed by atoms with Crippen LogP contribution in [-0.4, -0.2) is 31.6 Å². The molecule has 0 fully saturated rings. The fourth-order valence-electron chi connectivity index (χ4n) is 1.78. The molecule has 0 radical (unpaired) electrons. The lowest BCUT2D eigenvalue weighted by Gasteiger charge is -2.20. The number of anilines is 1. The SMILES string of the molecule is CCC(N)Cc1ccc(N(C)CCSC)c(F)c1. The van der Waals surface area contributed by atoms with E-state index in [1.807, 2.05) is 31.0 Å². The number of rotatable bonds is 7. The molecule has 1 rings (SSSR count). The van der Waals surface area contributed by atoms with Crippen molar-refractivity contribution in [1.29, 1.82) is 0 Å². The summed E-state index contributed by atoms with van der Waals surface area (Å²) in [5, 5.41) is 0. The number of nitrogens with two attached hydrogens (primary N) is 1. The molecule has 1 aromatic rings. The second-order valence-corrected chi connectivity index (χ2v) is 5.56. The maximum atomic E-state index is 14.0. The molecule has 0 aliphatic heterocycles. The zero-order valence-corrected chi connectivity index (χ0v) is 12.3. The van der Waals surface area contributed by atoms with Crippen LogP contribution in [0.5, 0.6) is 0 Å². The smallest absolute Gasteiger partial charge is 0.146 e. The van der Waals surface area contributed by atoms with E-state index in [-0.39, 0.29) is 11.9 Å². The van der Waals surface area contributed by atoms with Gasteiger partial charge in [0.15, 0.2) is 0 Å². The average Bonchev–Trinajstić information content (AvgIpc) is 2.36. The fraction of sp³-hybridized carbons (Fsp3) is 0.571. The van der Waals surface area contributed by atoms with Gasteiger partial charge in [-0.15, -0.1) is 0 Å². The molecule has 0 aromatic heterocycles. The highest BCUT2D eigenvalue weighted by Gasteiger charge is 2.09. The van der Waals surface area contributed by atoms with Crippen LogP contribution in [0.4, 0.5) is 10.1 Å². The van der Waals surface area contributed by atoms with Crippen LogP contribution in [0.25, 0.3) is 0 Å². The molecule has 0 spiro atoms. The predicted octanol–water partition coefficient (Wildman–Crippen LogP) is 2.90. The van der Waals surface area contributed by atoms with E-state index in [1.54, 1.807) is 17.8 Å². The molecule has 1 aromatic carbocycles. The van der Waals surface area contributed by atoms with Crippen LogP contribution in [0.1, 0.15) is 18.9 Å². The molecule has 0 saturated carbocycles. The summed E-state index contributed by atoms with van der Waals surface area (Å²) in [6.45, 7) is 2.90. The van der Waals surface area contributed by atoms with Gasteiger partial charge in [0.1, 0.15) is 5.82 Å². The molecular weight excluding hydrogens is 247 g/mol. The van der Waals surface area contributed by atoms with Crippen molar-refractivity contribution in [2.24, 2.45) is 5.73 Å². The van der Waals surface area contributed by atoms with Gasteiger partial charge in [-0.25, -0.2) is 4.39 Å². The molecule has 0 heterocycles. The summed E-state index contributed by atoms with van der Waals surface area (Å²) in [6, 6.07) is 5.56. The number of hydrogen-bond donors (Lipinski definition) is 1. The van der Waals surface area contributed by atoms with Gasteiger partial charge < -0.3 is 10.6 Å². The number of thioether (sulfide) groups is 1. The molecule has 0 aliphatic rings. The zero-order valence-electron chi connectivity index (χ0n) is 11.4. The normalized spacial score (nSPS) is 12.5. The Morgan fingerprint density at radius 2 is 2.17 bits per heavy atom. The van der Waals surface area contributed by atoms with Gasteiger partial charge in [-0.1, -0.05) is 13.0 Å². The van der Waals surface area contributed by atoms with Gasteiger partial charge in [0.25, 0.3) is 0 Å². The lowest BCUT2D eigenvalue weighted by molar-refractivity contribution is 0.611. The summed E-state index contributed by atoms with van der Waals surface area (Å²) >= 11 is 1.76. The first-order chi connectivity index (χ1) is 8.58. The molecule has 18 heavy (non-hydrogen) atoms. The third kappa shape index (κ3) is 4.50. The van der Waals surface area contributed by atoms with E-state index in [4.69, 9.17) is 5.73 Å². The highest BCUT2D eigenvalue weighted by atomic mass is 32.2. The Kier molecular flexibility index (Phi) is 6.50. The van der Waals surface area contributed by atoms with Gasteiger partial charge in [-0.05, 0) is 36.8 Å². The molecule has 0 amide bonds. The van der Waals surface area contributed by atoms with E-state index in [2.05, 4.69) is 6.26 Å². The van der Waals surface area contributed by atoms with E-state index < -0.39 is 0 Å². The van der Waals surface area contributed by atoms with E-state index in [1.165, 1.54) is 0 Å². The first-order valence-corrected chi connectivity index (χ1v) is 7.72. The highest BCUT2D eigenvalue weighted by Crippen LogP contribution is 2.20. The number of hydrogen-bond acceptors (Lipinski definition) is 3. The van der Waals surface area contributed by atoms with Crippen LogP contribution in [-0.2, 0) is 6.42 Å². The largest absolute Gasteiger partial charge is 0.371 e. The summed E-state index contributed by atoms with van der Waals surface area (Å²) in [5.74, 6) is 0.845. The average molecular weight is 270 g/mol. The first kappa shape index (κ1) is 15.3. The maximum absolute atomic E-state index is 14.0. The number of benzene rings is 1. The van der Waals surface area contributed by atoms with Crippen LogP contribution in [0.15, 0.2) is 18.2 Å². The molecule has 0 bridgehead atoms. The molecule has 0 saturated heterocycles. The quantitative estimate of drug-likeness (QED) is 0.826. The Bertz CT molecular complexity index is 371. The third-order valence-corrected chi connectivity index (χ3v) is 3.67. The minimum atomic E-state index is -0.153. The van der Waals surface area contributed by atoms with Crippen molar-refractivity contribution in [2.45, 2.75) is 25.8 Å². The van der Waals surface area contributed by atoms with Gasteiger partial charge in [-0.2, -0.15) is 11.8 Å². The molecule has 1 atom stereocenters. The van der Waals surface area contributed by atoms with Crippen LogP contribution >= 0.6 is 11.8 Å². The van der Waals surface area contributed by atoms with Crippen LogP contribution < -0.4 is 10.6 Å². The van der Waals surface area contributed by atoms with Crippen LogP contribution in [0.3, 0.4) is 0 Å². The van der Waals surface area contributed by atoms with Crippen molar-refractivity contribution in [3.8, 4) is 0 Å². The predicted molar refractivity (Wildman–Crippen MR) is 80.0 cm³/mol. The zero-order chi connectivity index (χ0) is 13.5. The summed E-state index contributed by atoms with van der Waals surface area (Å²) < 4.78 is 14.0. The Morgan fingerprint density at radius 3 is 2.72 bits per heavy atom. The van der Waals surface area contributed by atoms with Gasteiger partial charge in [0.2, 0.25) is 0 Å². The van der Waals surface area contributed by atoms with E-state index in [0.717, 1.165) is 30.7 Å². The van der Waals surface area contributed by atoms with E-state index >= 15 is 0 Å². The maximum Gasteiger partial charge on any atom is 0.146 e. The molecular formula is C14H23FN2S. The van der Waals surface area contributed by atoms with Crippen molar-refractivity contribution in [3.63, 3.8) is 0 Å². The minimum Gasteiger partial charge on any atom is -0.371 e. The standard InChI is InChI=1S/C14H23FN2S/c1-4-12(16)9-11-5-6-14(13(15)10-11)17(2)7-8-18-3/h5-6,10,12H,4,7-9,16H2,1-3H3. The van der Waals surface area contributed by atoms with Gasteiger partial charge >= 0.3 is 0 Å². The van der Waals surface area contributed by atoms with Crippen LogP contribution in [0, 0.1) is 5.82 Å².